The first-order chi connectivity index (χ1) is 11.1. The Hall–Kier alpha value is -2.12. The molecule has 0 amide bonds. The zero-order valence-electron chi connectivity index (χ0n) is 14.2. The van der Waals surface area contributed by atoms with Crippen LogP contribution < -0.4 is 4.48 Å². The van der Waals surface area contributed by atoms with Gasteiger partial charge in [0.1, 0.15) is 5.69 Å². The van der Waals surface area contributed by atoms with Crippen molar-refractivity contribution in [1.29, 1.82) is 0 Å². The number of benzene rings is 3. The summed E-state index contributed by atoms with van der Waals surface area (Å²) < 4.78 is 0.957. The monoisotopic (exact) mass is 304 g/mol. The fraction of sp³-hybridized carbons (Fsp3) is 0.273. The highest BCUT2D eigenvalue weighted by Crippen LogP contribution is 2.20. The molecule has 0 radical (unpaired) electrons. The zero-order chi connectivity index (χ0) is 16.1. The minimum atomic E-state index is 0.957. The molecule has 0 bridgehead atoms. The molecule has 0 aliphatic rings. The van der Waals surface area contributed by atoms with E-state index in [2.05, 4.69) is 86.9 Å². The van der Waals surface area contributed by atoms with Gasteiger partial charge in [0.05, 0.1) is 20.6 Å². The third kappa shape index (κ3) is 4.00. The lowest BCUT2D eigenvalue weighted by Gasteiger charge is -2.29. The number of hydrogen-bond donors (Lipinski definition) is 0. The van der Waals surface area contributed by atoms with Crippen molar-refractivity contribution in [1.82, 2.24) is 4.48 Å². The number of nitrogens with zero attached hydrogens (tertiary/aromatic N) is 1. The molecule has 0 saturated heterocycles. The minimum Gasteiger partial charge on any atom is -0.296 e. The number of unbranched alkanes of at least 4 members (excludes halogenated alkanes) is 1. The van der Waals surface area contributed by atoms with Crippen molar-refractivity contribution < 1.29 is 0 Å². The first kappa shape index (κ1) is 15.8. The molecule has 3 rings (SSSR count). The van der Waals surface area contributed by atoms with Crippen LogP contribution in [0.25, 0.3) is 10.8 Å². The van der Waals surface area contributed by atoms with Crippen molar-refractivity contribution in [2.24, 2.45) is 0 Å². The third-order valence-electron chi connectivity index (χ3n) is 4.70. The van der Waals surface area contributed by atoms with E-state index in [1.54, 1.807) is 0 Å². The smallest absolute Gasteiger partial charge is 0.132 e. The quantitative estimate of drug-likeness (QED) is 0.421. The van der Waals surface area contributed by atoms with E-state index < -0.39 is 0 Å². The molecule has 0 unspecified atom stereocenters. The summed E-state index contributed by atoms with van der Waals surface area (Å²) in [5, 5.41) is 2.68. The Labute approximate surface area is 139 Å². The first-order valence-electron chi connectivity index (χ1n) is 8.51. The molecule has 0 aromatic heterocycles. The molecule has 1 heteroatoms. The SMILES string of the molecule is C[N+](C)(CCCCc1ccc2ccccc2c1)c1ccccc1. The van der Waals surface area contributed by atoms with Crippen LogP contribution in [0.15, 0.2) is 72.8 Å². The van der Waals surface area contributed by atoms with E-state index in [0.717, 1.165) is 4.48 Å². The summed E-state index contributed by atoms with van der Waals surface area (Å²) >= 11 is 0. The van der Waals surface area contributed by atoms with Gasteiger partial charge in [0.2, 0.25) is 0 Å². The lowest BCUT2D eigenvalue weighted by molar-refractivity contribution is 0.385. The zero-order valence-corrected chi connectivity index (χ0v) is 14.2. The van der Waals surface area contributed by atoms with Gasteiger partial charge in [-0.15, -0.1) is 0 Å². The normalized spacial score (nSPS) is 11.7. The molecule has 3 aromatic rings. The third-order valence-corrected chi connectivity index (χ3v) is 4.70. The number of para-hydroxylation sites is 1. The van der Waals surface area contributed by atoms with Crippen molar-refractivity contribution in [2.75, 3.05) is 20.6 Å². The van der Waals surface area contributed by atoms with Crippen molar-refractivity contribution in [2.45, 2.75) is 19.3 Å². The van der Waals surface area contributed by atoms with Crippen LogP contribution in [0.2, 0.25) is 0 Å². The highest BCUT2D eigenvalue weighted by Gasteiger charge is 2.17. The maximum atomic E-state index is 2.34. The molecule has 118 valence electrons. The second-order valence-corrected chi connectivity index (χ2v) is 6.88. The van der Waals surface area contributed by atoms with Crippen LogP contribution in [0.3, 0.4) is 0 Å². The fourth-order valence-electron chi connectivity index (χ4n) is 3.19. The average Bonchev–Trinajstić information content (AvgIpc) is 2.59. The van der Waals surface area contributed by atoms with Gasteiger partial charge in [-0.1, -0.05) is 60.7 Å². The van der Waals surface area contributed by atoms with Gasteiger partial charge in [-0.05, 0) is 47.7 Å². The van der Waals surface area contributed by atoms with Crippen molar-refractivity contribution >= 4 is 16.5 Å². The van der Waals surface area contributed by atoms with E-state index in [-0.39, 0.29) is 0 Å². The predicted molar refractivity (Wildman–Crippen MR) is 102 cm³/mol. The molecule has 0 aliphatic carbocycles. The van der Waals surface area contributed by atoms with Crippen LogP contribution in [-0.4, -0.2) is 20.6 Å². The van der Waals surface area contributed by atoms with Gasteiger partial charge < -0.3 is 0 Å². The molecule has 23 heavy (non-hydrogen) atoms. The second kappa shape index (κ2) is 6.97. The molecule has 0 fully saturated rings. The Morgan fingerprint density at radius 2 is 1.39 bits per heavy atom. The lowest BCUT2D eigenvalue weighted by atomic mass is 10.0. The number of aryl methyl sites for hydroxylation is 1. The standard InChI is InChI=1S/C22H26N/c1-23(2,22-13-4-3-5-14-22)17-9-8-10-19-15-16-20-11-6-7-12-21(20)18-19/h3-7,11-16,18H,8-10,17H2,1-2H3/q+1. The topological polar surface area (TPSA) is 0 Å². The maximum absolute atomic E-state index is 2.34. The molecule has 0 N–H and O–H groups in total. The Kier molecular flexibility index (Phi) is 4.78. The Morgan fingerprint density at radius 3 is 2.17 bits per heavy atom. The molecule has 3 aromatic carbocycles. The van der Waals surface area contributed by atoms with Crippen LogP contribution in [0, 0.1) is 0 Å². The molecule has 0 saturated carbocycles. The Balaban J connectivity index is 1.54. The van der Waals surface area contributed by atoms with Crippen LogP contribution in [-0.2, 0) is 6.42 Å². The molecular formula is C22H26N+. The van der Waals surface area contributed by atoms with Crippen molar-refractivity contribution in [3.05, 3.63) is 78.4 Å². The Morgan fingerprint density at radius 1 is 0.696 bits per heavy atom. The van der Waals surface area contributed by atoms with E-state index in [9.17, 15) is 0 Å². The van der Waals surface area contributed by atoms with Crippen molar-refractivity contribution in [3.8, 4) is 0 Å². The van der Waals surface area contributed by atoms with Gasteiger partial charge in [0, 0.05) is 0 Å². The largest absolute Gasteiger partial charge is 0.296 e. The number of fused-ring (bicyclic) bond motifs is 1. The van der Waals surface area contributed by atoms with Crippen molar-refractivity contribution in [3.63, 3.8) is 0 Å². The van der Waals surface area contributed by atoms with Gasteiger partial charge in [-0.3, -0.25) is 4.48 Å². The molecule has 0 aliphatic heterocycles. The summed E-state index contributed by atoms with van der Waals surface area (Å²) in [5.74, 6) is 0. The first-order valence-corrected chi connectivity index (χ1v) is 8.51. The van der Waals surface area contributed by atoms with Gasteiger partial charge in [-0.2, -0.15) is 0 Å². The summed E-state index contributed by atoms with van der Waals surface area (Å²) in [5.41, 5.74) is 2.84. The van der Waals surface area contributed by atoms with E-state index >= 15 is 0 Å². The van der Waals surface area contributed by atoms with E-state index in [1.165, 1.54) is 47.8 Å². The van der Waals surface area contributed by atoms with E-state index in [0.29, 0.717) is 0 Å². The minimum absolute atomic E-state index is 0.957. The summed E-state index contributed by atoms with van der Waals surface area (Å²) in [4.78, 5) is 0. The van der Waals surface area contributed by atoms with Crippen LogP contribution in [0.4, 0.5) is 5.69 Å². The molecule has 0 heterocycles. The fourth-order valence-corrected chi connectivity index (χ4v) is 3.19. The van der Waals surface area contributed by atoms with E-state index in [1.807, 2.05) is 0 Å². The number of quaternary nitrogens is 1. The van der Waals surface area contributed by atoms with Gasteiger partial charge in [0.15, 0.2) is 0 Å². The lowest BCUT2D eigenvalue weighted by Crippen LogP contribution is -2.41. The summed E-state index contributed by atoms with van der Waals surface area (Å²) in [6.07, 6.45) is 3.65. The number of hydrogen-bond acceptors (Lipinski definition) is 0. The highest BCUT2D eigenvalue weighted by atomic mass is 15.3. The average molecular weight is 304 g/mol. The number of rotatable bonds is 6. The van der Waals surface area contributed by atoms with Gasteiger partial charge in [0.25, 0.3) is 0 Å². The Bertz CT molecular complexity index is 759. The van der Waals surface area contributed by atoms with Gasteiger partial charge >= 0.3 is 0 Å². The summed E-state index contributed by atoms with van der Waals surface area (Å²) in [7, 11) is 4.59. The predicted octanol–water partition coefficient (Wildman–Crippen LogP) is 5.43. The van der Waals surface area contributed by atoms with Crippen LogP contribution in [0.1, 0.15) is 18.4 Å². The molecule has 0 spiro atoms. The maximum Gasteiger partial charge on any atom is 0.132 e. The molecule has 1 nitrogen and oxygen atoms in total. The molecular weight excluding hydrogens is 278 g/mol. The highest BCUT2D eigenvalue weighted by molar-refractivity contribution is 5.82. The van der Waals surface area contributed by atoms with E-state index in [4.69, 9.17) is 0 Å². The summed E-state index contributed by atoms with van der Waals surface area (Å²) in [6, 6.07) is 26.3. The van der Waals surface area contributed by atoms with Crippen LogP contribution in [0.5, 0.6) is 0 Å². The van der Waals surface area contributed by atoms with Crippen LogP contribution >= 0.6 is 0 Å². The van der Waals surface area contributed by atoms with Gasteiger partial charge in [-0.25, -0.2) is 0 Å². The second-order valence-electron chi connectivity index (χ2n) is 6.88. The summed E-state index contributed by atoms with van der Waals surface area (Å²) in [6.45, 7) is 1.18. The molecule has 0 atom stereocenters.